The van der Waals surface area contributed by atoms with Crippen LogP contribution in [0.5, 0.6) is 0 Å². The second-order valence-electron chi connectivity index (χ2n) is 3.94. The number of hydrogen-bond donors (Lipinski definition) is 0. The van der Waals surface area contributed by atoms with E-state index in [0.717, 1.165) is 0 Å². The van der Waals surface area contributed by atoms with Gasteiger partial charge in [0, 0.05) is 24.7 Å². The minimum atomic E-state index is 0.0647. The van der Waals surface area contributed by atoms with Crippen LogP contribution in [0.4, 0.5) is 0 Å². The molecule has 0 amide bonds. The van der Waals surface area contributed by atoms with Crippen LogP contribution in [0.1, 0.15) is 47.0 Å². The predicted octanol–water partition coefficient (Wildman–Crippen LogP) is 2.80. The molecule has 0 N–H and O–H groups in total. The van der Waals surface area contributed by atoms with Crippen LogP contribution in [0.3, 0.4) is 0 Å². The topological polar surface area (TPSA) is 17.1 Å². The lowest BCUT2D eigenvalue weighted by Crippen LogP contribution is -1.99. The molecule has 0 unspecified atom stereocenters. The van der Waals surface area contributed by atoms with Crippen molar-refractivity contribution in [2.24, 2.45) is 5.41 Å². The van der Waals surface area contributed by atoms with Gasteiger partial charge >= 0.3 is 0 Å². The molecule has 0 spiro atoms. The fourth-order valence-corrected chi connectivity index (χ4v) is 0.706. The van der Waals surface area contributed by atoms with Crippen molar-refractivity contribution in [1.29, 1.82) is 0 Å². The monoisotopic (exact) mass is 166 g/mol. The van der Waals surface area contributed by atoms with Gasteiger partial charge in [0.25, 0.3) is 0 Å². The van der Waals surface area contributed by atoms with Crippen LogP contribution in [-0.2, 0) is 4.79 Å². The fourth-order valence-electron chi connectivity index (χ4n) is 0.706. The van der Waals surface area contributed by atoms with Crippen molar-refractivity contribution in [3.05, 3.63) is 0 Å². The minimum Gasteiger partial charge on any atom is -0.300 e. The summed E-state index contributed by atoms with van der Waals surface area (Å²) in [5.41, 5.74) is 0.0647. The maximum Gasteiger partial charge on any atom is 0.133 e. The zero-order chi connectivity index (χ0) is 9.61. The Morgan fingerprint density at radius 3 is 2.33 bits per heavy atom. The van der Waals surface area contributed by atoms with E-state index in [4.69, 9.17) is 0 Å². The van der Waals surface area contributed by atoms with E-state index >= 15 is 0 Å². The Kier molecular flexibility index (Phi) is 4.66. The van der Waals surface area contributed by atoms with Crippen molar-refractivity contribution in [1.82, 2.24) is 0 Å². The van der Waals surface area contributed by atoms with E-state index in [1.165, 1.54) is 0 Å². The van der Waals surface area contributed by atoms with Crippen molar-refractivity contribution in [3.8, 4) is 11.8 Å². The van der Waals surface area contributed by atoms with Gasteiger partial charge in [-0.3, -0.25) is 4.79 Å². The fraction of sp³-hybridized carbons (Fsp3) is 0.727. The summed E-state index contributed by atoms with van der Waals surface area (Å²) >= 11 is 0. The van der Waals surface area contributed by atoms with E-state index in [2.05, 4.69) is 32.6 Å². The Morgan fingerprint density at radius 2 is 1.92 bits per heavy atom. The summed E-state index contributed by atoms with van der Waals surface area (Å²) < 4.78 is 0. The van der Waals surface area contributed by atoms with Crippen molar-refractivity contribution >= 4 is 5.78 Å². The lowest BCUT2D eigenvalue weighted by Gasteiger charge is -2.06. The van der Waals surface area contributed by atoms with Gasteiger partial charge in [-0.15, -0.1) is 5.92 Å². The molecule has 0 radical (unpaired) electrons. The Labute approximate surface area is 75.5 Å². The maximum atomic E-state index is 10.9. The van der Waals surface area contributed by atoms with Crippen molar-refractivity contribution < 1.29 is 4.79 Å². The molecule has 12 heavy (non-hydrogen) atoms. The number of carbonyl (C=O) groups excluding carboxylic acids is 1. The van der Waals surface area contributed by atoms with E-state index in [0.29, 0.717) is 25.0 Å². The molecule has 0 atom stereocenters. The molecule has 0 aromatic carbocycles. The number of carbonyl (C=O) groups is 1. The van der Waals surface area contributed by atoms with Gasteiger partial charge in [0.15, 0.2) is 0 Å². The largest absolute Gasteiger partial charge is 0.300 e. The van der Waals surface area contributed by atoms with E-state index in [1.54, 1.807) is 0 Å². The van der Waals surface area contributed by atoms with Crippen LogP contribution >= 0.6 is 0 Å². The van der Waals surface area contributed by atoms with Crippen LogP contribution in [0.25, 0.3) is 0 Å². The average molecular weight is 166 g/mol. The van der Waals surface area contributed by atoms with Gasteiger partial charge in [0.05, 0.1) is 0 Å². The molecule has 0 aliphatic carbocycles. The van der Waals surface area contributed by atoms with Gasteiger partial charge < -0.3 is 0 Å². The number of Topliss-reactive ketones (excluding diaryl/α,β-unsaturated/α-hetero) is 1. The second-order valence-corrected chi connectivity index (χ2v) is 3.94. The first kappa shape index (κ1) is 11.2. The minimum absolute atomic E-state index is 0.0647. The molecule has 0 fully saturated rings. The third-order valence-corrected chi connectivity index (χ3v) is 1.39. The molecule has 0 heterocycles. The molecule has 1 heteroatoms. The number of ketones is 1. The van der Waals surface area contributed by atoms with Gasteiger partial charge in [0.2, 0.25) is 0 Å². The molecule has 0 aromatic rings. The SMILES string of the molecule is CCC(=O)CCC#CC(C)(C)C. The van der Waals surface area contributed by atoms with Crippen LogP contribution < -0.4 is 0 Å². The van der Waals surface area contributed by atoms with Gasteiger partial charge in [-0.05, 0) is 20.8 Å². The normalized spacial score (nSPS) is 10.3. The van der Waals surface area contributed by atoms with E-state index < -0.39 is 0 Å². The molecule has 68 valence electrons. The summed E-state index contributed by atoms with van der Waals surface area (Å²) in [6.45, 7) is 8.10. The van der Waals surface area contributed by atoms with Gasteiger partial charge in [-0.2, -0.15) is 0 Å². The smallest absolute Gasteiger partial charge is 0.133 e. The third kappa shape index (κ3) is 7.34. The summed E-state index contributed by atoms with van der Waals surface area (Å²) in [5, 5.41) is 0. The third-order valence-electron chi connectivity index (χ3n) is 1.39. The van der Waals surface area contributed by atoms with Crippen LogP contribution in [0.15, 0.2) is 0 Å². The van der Waals surface area contributed by atoms with Crippen LogP contribution in [-0.4, -0.2) is 5.78 Å². The van der Waals surface area contributed by atoms with E-state index in [9.17, 15) is 4.79 Å². The Bertz CT molecular complexity index is 197. The zero-order valence-electron chi connectivity index (χ0n) is 8.53. The van der Waals surface area contributed by atoms with Crippen molar-refractivity contribution in [3.63, 3.8) is 0 Å². The molecule has 0 saturated heterocycles. The second kappa shape index (κ2) is 4.98. The molecule has 1 nitrogen and oxygen atoms in total. The summed E-state index contributed by atoms with van der Waals surface area (Å²) in [6, 6.07) is 0. The highest BCUT2D eigenvalue weighted by molar-refractivity contribution is 5.78. The highest BCUT2D eigenvalue weighted by atomic mass is 16.1. The Morgan fingerprint density at radius 1 is 1.33 bits per heavy atom. The lowest BCUT2D eigenvalue weighted by molar-refractivity contribution is -0.118. The molecule has 0 bridgehead atoms. The molecule has 0 aromatic heterocycles. The first-order chi connectivity index (χ1) is 5.45. The van der Waals surface area contributed by atoms with Crippen molar-refractivity contribution in [2.75, 3.05) is 0 Å². The van der Waals surface area contributed by atoms with Gasteiger partial charge in [-0.25, -0.2) is 0 Å². The highest BCUT2D eigenvalue weighted by Gasteiger charge is 2.03. The molecule has 0 aliphatic rings. The summed E-state index contributed by atoms with van der Waals surface area (Å²) in [7, 11) is 0. The van der Waals surface area contributed by atoms with E-state index in [-0.39, 0.29) is 5.41 Å². The quantitative estimate of drug-likeness (QED) is 0.589. The van der Waals surface area contributed by atoms with Gasteiger partial charge in [-0.1, -0.05) is 12.8 Å². The molecular weight excluding hydrogens is 148 g/mol. The van der Waals surface area contributed by atoms with Crippen LogP contribution in [0.2, 0.25) is 0 Å². The summed E-state index contributed by atoms with van der Waals surface area (Å²) in [4.78, 5) is 10.9. The lowest BCUT2D eigenvalue weighted by atomic mass is 9.97. The van der Waals surface area contributed by atoms with Crippen LogP contribution in [0, 0.1) is 17.3 Å². The molecule has 0 rings (SSSR count). The average Bonchev–Trinajstić information content (AvgIpc) is 1.96. The Balaban J connectivity index is 3.67. The highest BCUT2D eigenvalue weighted by Crippen LogP contribution is 2.10. The first-order valence-electron chi connectivity index (χ1n) is 4.47. The number of hydrogen-bond acceptors (Lipinski definition) is 1. The molecular formula is C11H18O. The first-order valence-corrected chi connectivity index (χ1v) is 4.47. The van der Waals surface area contributed by atoms with Crippen molar-refractivity contribution in [2.45, 2.75) is 47.0 Å². The van der Waals surface area contributed by atoms with E-state index in [1.807, 2.05) is 6.92 Å². The zero-order valence-corrected chi connectivity index (χ0v) is 8.53. The predicted molar refractivity (Wildman–Crippen MR) is 51.8 cm³/mol. The number of rotatable bonds is 3. The maximum absolute atomic E-state index is 10.9. The molecule has 0 saturated carbocycles. The Hall–Kier alpha value is -0.770. The summed E-state index contributed by atoms with van der Waals surface area (Å²) in [5.74, 6) is 6.42. The summed E-state index contributed by atoms with van der Waals surface area (Å²) in [6.07, 6.45) is 1.96. The standard InChI is InChI=1S/C11H18O/c1-5-10(12)8-6-7-9-11(2,3)4/h5-6,8H2,1-4H3. The molecule has 0 aliphatic heterocycles. The van der Waals surface area contributed by atoms with Gasteiger partial charge in [0.1, 0.15) is 5.78 Å².